The average Bonchev–Trinajstić information content (AvgIpc) is 2.73. The highest BCUT2D eigenvalue weighted by Gasteiger charge is 2.13. The van der Waals surface area contributed by atoms with Crippen LogP contribution in [0.3, 0.4) is 0 Å². The molecule has 6 radical (unpaired) electrons. The Hall–Kier alpha value is 0.411. The van der Waals surface area contributed by atoms with Gasteiger partial charge in [0.05, 0.1) is 0 Å². The highest BCUT2D eigenvalue weighted by molar-refractivity contribution is 6.37. The number of rotatable bonds is 21. The summed E-state index contributed by atoms with van der Waals surface area (Å²) in [6, 6.07) is 3.53. The van der Waals surface area contributed by atoms with Crippen molar-refractivity contribution in [2.75, 3.05) is 42.7 Å². The minimum Gasteiger partial charge on any atom is -0.360 e. The molecule has 0 spiro atoms. The number of ether oxygens (including phenoxy) is 6. The van der Waals surface area contributed by atoms with E-state index in [0.29, 0.717) is 28.6 Å². The fourth-order valence-electron chi connectivity index (χ4n) is 3.05. The molecule has 6 nitrogen and oxygen atoms in total. The van der Waals surface area contributed by atoms with Crippen molar-refractivity contribution < 1.29 is 28.4 Å². The molecule has 0 rings (SSSR count). The van der Waals surface area contributed by atoms with Crippen molar-refractivity contribution in [3.63, 3.8) is 0 Å². The fourth-order valence-corrected chi connectivity index (χ4v) is 5.99. The molecule has 0 atom stereocenters. The van der Waals surface area contributed by atoms with Crippen LogP contribution in [0, 0.1) is 5.92 Å². The highest BCUT2D eigenvalue weighted by Crippen LogP contribution is 2.23. The number of hydrogen-bond acceptors (Lipinski definition) is 6. The lowest BCUT2D eigenvalue weighted by atomic mass is 9.94. The Kier molecular flexibility index (Phi) is 21.0. The van der Waals surface area contributed by atoms with Gasteiger partial charge in [-0.1, -0.05) is 56.7 Å². The summed E-state index contributed by atoms with van der Waals surface area (Å²) in [5, 5.41) is 0. The van der Waals surface area contributed by atoms with E-state index in [0.717, 1.165) is 5.92 Å². The maximum atomic E-state index is 5.30. The SMILES string of the molecule is COC(OC)[Si]CCCC(CCC[Si]C(OC)OC)CCC[Si]C(OC)OC. The van der Waals surface area contributed by atoms with Gasteiger partial charge in [-0.05, 0) is 5.92 Å². The van der Waals surface area contributed by atoms with Gasteiger partial charge < -0.3 is 28.4 Å². The van der Waals surface area contributed by atoms with Gasteiger partial charge in [0.2, 0.25) is 0 Å². The lowest BCUT2D eigenvalue weighted by Crippen LogP contribution is -2.22. The zero-order valence-corrected chi connectivity index (χ0v) is 21.6. The van der Waals surface area contributed by atoms with Crippen LogP contribution in [0.2, 0.25) is 18.1 Å². The Labute approximate surface area is 180 Å². The largest absolute Gasteiger partial charge is 0.360 e. The van der Waals surface area contributed by atoms with Crippen LogP contribution in [-0.2, 0) is 28.4 Å². The van der Waals surface area contributed by atoms with Crippen LogP contribution in [-0.4, -0.2) is 89.0 Å². The second-order valence-corrected chi connectivity index (χ2v) is 10.7. The van der Waals surface area contributed by atoms with E-state index in [2.05, 4.69) is 0 Å². The topological polar surface area (TPSA) is 55.4 Å². The van der Waals surface area contributed by atoms with Crippen molar-refractivity contribution in [2.45, 2.75) is 74.4 Å². The summed E-state index contributed by atoms with van der Waals surface area (Å²) >= 11 is 0. The molecule has 0 fully saturated rings. The molecular formula is C19H40O6Si3. The van der Waals surface area contributed by atoms with Crippen molar-refractivity contribution in [2.24, 2.45) is 5.92 Å². The van der Waals surface area contributed by atoms with Gasteiger partial charge in [0.25, 0.3) is 0 Å². The monoisotopic (exact) mass is 448 g/mol. The molecular weight excluding hydrogens is 408 g/mol. The molecule has 0 aromatic heterocycles. The molecule has 0 bridgehead atoms. The average molecular weight is 449 g/mol. The first kappa shape index (κ1) is 28.4. The van der Waals surface area contributed by atoms with E-state index in [-0.39, 0.29) is 17.7 Å². The second-order valence-electron chi connectivity index (χ2n) is 6.57. The van der Waals surface area contributed by atoms with Crippen LogP contribution >= 0.6 is 0 Å². The van der Waals surface area contributed by atoms with Crippen molar-refractivity contribution in [1.82, 2.24) is 0 Å². The minimum absolute atomic E-state index is 0.0408. The molecule has 0 aliphatic rings. The summed E-state index contributed by atoms with van der Waals surface area (Å²) in [6.45, 7) is 0. The summed E-state index contributed by atoms with van der Waals surface area (Å²) in [7, 11) is 12.4. The molecule has 0 N–H and O–H groups in total. The molecule has 0 aromatic carbocycles. The first-order chi connectivity index (χ1) is 13.6. The molecule has 0 unspecified atom stereocenters. The molecule has 9 heteroatoms. The van der Waals surface area contributed by atoms with Gasteiger partial charge in [-0.3, -0.25) is 0 Å². The Bertz CT molecular complexity index is 268. The molecule has 28 heavy (non-hydrogen) atoms. The van der Waals surface area contributed by atoms with Gasteiger partial charge in [0.15, 0.2) is 0 Å². The summed E-state index contributed by atoms with van der Waals surface area (Å²) in [5.74, 6) is 0.665. The van der Waals surface area contributed by atoms with Gasteiger partial charge >= 0.3 is 0 Å². The first-order valence-electron chi connectivity index (χ1n) is 10.0. The first-order valence-corrected chi connectivity index (χ1v) is 13.9. The molecule has 0 saturated heterocycles. The maximum Gasteiger partial charge on any atom is 0.136 e. The third kappa shape index (κ3) is 15.3. The smallest absolute Gasteiger partial charge is 0.136 e. The maximum absolute atomic E-state index is 5.30. The van der Waals surface area contributed by atoms with Crippen LogP contribution < -0.4 is 0 Å². The van der Waals surface area contributed by atoms with Gasteiger partial charge in [-0.25, -0.2) is 0 Å². The highest BCUT2D eigenvalue weighted by atomic mass is 28.2. The normalized spacial score (nSPS) is 12.2. The Morgan fingerprint density at radius 1 is 0.464 bits per heavy atom. The second kappa shape index (κ2) is 20.7. The molecule has 164 valence electrons. The molecule has 0 aromatic rings. The van der Waals surface area contributed by atoms with Gasteiger partial charge in [0, 0.05) is 42.7 Å². The summed E-state index contributed by atoms with van der Waals surface area (Å²) in [5.41, 5.74) is 0. The van der Waals surface area contributed by atoms with Crippen molar-refractivity contribution in [1.29, 1.82) is 0 Å². The van der Waals surface area contributed by atoms with E-state index >= 15 is 0 Å². The van der Waals surface area contributed by atoms with Crippen LogP contribution in [0.1, 0.15) is 38.5 Å². The number of hydrogen-bond donors (Lipinski definition) is 0. The number of methoxy groups -OCH3 is 6. The van der Waals surface area contributed by atoms with Crippen LogP contribution in [0.4, 0.5) is 0 Å². The summed E-state index contributed by atoms with van der Waals surface area (Å²) in [6.07, 6.45) is 7.59. The zero-order valence-electron chi connectivity index (χ0n) is 18.6. The quantitative estimate of drug-likeness (QED) is 0.153. The van der Waals surface area contributed by atoms with E-state index in [9.17, 15) is 0 Å². The molecule has 0 aliphatic heterocycles. The predicted molar refractivity (Wildman–Crippen MR) is 116 cm³/mol. The van der Waals surface area contributed by atoms with Crippen LogP contribution in [0.5, 0.6) is 0 Å². The van der Waals surface area contributed by atoms with Crippen LogP contribution in [0.15, 0.2) is 0 Å². The van der Waals surface area contributed by atoms with Gasteiger partial charge in [0.1, 0.15) is 46.3 Å². The molecule has 0 aliphatic carbocycles. The molecule has 0 saturated carbocycles. The lowest BCUT2D eigenvalue weighted by molar-refractivity contribution is -0.0442. The van der Waals surface area contributed by atoms with Crippen molar-refractivity contribution in [3.05, 3.63) is 0 Å². The van der Waals surface area contributed by atoms with Gasteiger partial charge in [-0.15, -0.1) is 0 Å². The van der Waals surface area contributed by atoms with Gasteiger partial charge in [-0.2, -0.15) is 0 Å². The standard InChI is InChI=1S/C19H40O6Si3/c1-20-17(21-2)26-13-7-10-16(11-8-14-27-18(22-3)23-4)12-9-15-28-19(24-5)25-6/h16-19H,7-15H2,1-6H3. The third-order valence-electron chi connectivity index (χ3n) is 4.58. The third-order valence-corrected chi connectivity index (χ3v) is 8.93. The zero-order chi connectivity index (χ0) is 21.0. The van der Waals surface area contributed by atoms with Crippen molar-refractivity contribution >= 4 is 28.6 Å². The Balaban J connectivity index is 4.17. The van der Waals surface area contributed by atoms with E-state index in [1.807, 2.05) is 0 Å². The summed E-state index contributed by atoms with van der Waals surface area (Å²) < 4.78 is 31.8. The molecule has 0 amide bonds. The fraction of sp³-hybridized carbons (Fsp3) is 1.00. The molecule has 0 heterocycles. The lowest BCUT2D eigenvalue weighted by Gasteiger charge is -2.19. The van der Waals surface area contributed by atoms with E-state index in [1.165, 1.54) is 56.7 Å². The van der Waals surface area contributed by atoms with Crippen LogP contribution in [0.25, 0.3) is 0 Å². The van der Waals surface area contributed by atoms with E-state index < -0.39 is 0 Å². The Morgan fingerprint density at radius 2 is 0.714 bits per heavy atom. The summed E-state index contributed by atoms with van der Waals surface area (Å²) in [4.78, 5) is 0. The van der Waals surface area contributed by atoms with Crippen molar-refractivity contribution in [3.8, 4) is 0 Å². The van der Waals surface area contributed by atoms with E-state index in [1.54, 1.807) is 42.7 Å². The van der Waals surface area contributed by atoms with E-state index in [4.69, 9.17) is 28.4 Å². The minimum atomic E-state index is -0.0408. The Morgan fingerprint density at radius 3 is 0.929 bits per heavy atom. The predicted octanol–water partition coefficient (Wildman–Crippen LogP) is 3.04.